The summed E-state index contributed by atoms with van der Waals surface area (Å²) in [6.45, 7) is 1.65. The summed E-state index contributed by atoms with van der Waals surface area (Å²) in [5.74, 6) is 0.0898. The van der Waals surface area contributed by atoms with Gasteiger partial charge < -0.3 is 4.74 Å². The van der Waals surface area contributed by atoms with E-state index in [-0.39, 0.29) is 12.4 Å². The van der Waals surface area contributed by atoms with Crippen LogP contribution in [0, 0.1) is 6.92 Å². The molecule has 0 aliphatic rings. The van der Waals surface area contributed by atoms with E-state index in [2.05, 4.69) is 4.98 Å². The fourth-order valence-electron chi connectivity index (χ4n) is 2.95. The normalized spacial score (nSPS) is 10.9. The first-order valence-electron chi connectivity index (χ1n) is 8.42. The maximum absolute atomic E-state index is 12.3. The largest absolute Gasteiger partial charge is 0.454 e. The van der Waals surface area contributed by atoms with Gasteiger partial charge in [0, 0.05) is 5.69 Å². The van der Waals surface area contributed by atoms with Gasteiger partial charge in [0.25, 0.3) is 0 Å². The van der Waals surface area contributed by atoms with Gasteiger partial charge in [-0.3, -0.25) is 9.36 Å². The van der Waals surface area contributed by atoms with Crippen LogP contribution in [0.5, 0.6) is 0 Å². The number of ketones is 1. The molecule has 2 aromatic carbocycles. The first kappa shape index (κ1) is 17.2. The molecule has 0 amide bonds. The number of ether oxygens (including phenoxy) is 1. The molecule has 0 bridgehead atoms. The maximum Gasteiger partial charge on any atom is 0.338 e. The summed E-state index contributed by atoms with van der Waals surface area (Å²) in [6.07, 6.45) is 0. The Bertz CT molecular complexity index is 1120. The zero-order chi connectivity index (χ0) is 18.8. The van der Waals surface area contributed by atoms with Crippen LogP contribution in [-0.2, 0) is 4.74 Å². The number of nitrogens with zero attached hydrogens (tertiary/aromatic N) is 2. The van der Waals surface area contributed by atoms with Crippen molar-refractivity contribution in [2.45, 2.75) is 6.92 Å². The van der Waals surface area contributed by atoms with Crippen molar-refractivity contribution in [3.05, 3.63) is 82.3 Å². The lowest BCUT2D eigenvalue weighted by molar-refractivity contribution is 0.0476. The van der Waals surface area contributed by atoms with E-state index >= 15 is 0 Å². The Hall–Kier alpha value is -3.25. The van der Waals surface area contributed by atoms with Crippen LogP contribution < -0.4 is 0 Å². The van der Waals surface area contributed by atoms with E-state index < -0.39 is 5.97 Å². The summed E-state index contributed by atoms with van der Waals surface area (Å²) in [5.41, 5.74) is 2.99. The smallest absolute Gasteiger partial charge is 0.338 e. The van der Waals surface area contributed by atoms with Gasteiger partial charge in [0.2, 0.25) is 5.78 Å². The molecule has 4 rings (SSSR count). The first-order valence-corrected chi connectivity index (χ1v) is 9.30. The second-order valence-electron chi connectivity index (χ2n) is 6.01. The number of rotatable bonds is 5. The van der Waals surface area contributed by atoms with E-state index in [1.165, 1.54) is 11.3 Å². The third kappa shape index (κ3) is 3.39. The van der Waals surface area contributed by atoms with E-state index in [0.717, 1.165) is 17.0 Å². The van der Waals surface area contributed by atoms with Crippen molar-refractivity contribution in [2.24, 2.45) is 0 Å². The minimum atomic E-state index is -0.534. The van der Waals surface area contributed by atoms with Crippen molar-refractivity contribution in [2.75, 3.05) is 6.61 Å². The number of aromatic nitrogens is 2. The molecule has 0 unspecified atom stereocenters. The number of hydrogen-bond acceptors (Lipinski definition) is 5. The standard InChI is InChI=1S/C21H16N2O3S/c1-14-22-17-12-15(21(25)26-13-19(24)20-8-5-11-27-20)9-10-18(17)23(14)16-6-3-2-4-7-16/h2-12H,13H2,1H3. The molecular formula is C21H16N2O3S. The van der Waals surface area contributed by atoms with Crippen LogP contribution in [-0.4, -0.2) is 27.9 Å². The second-order valence-corrected chi connectivity index (χ2v) is 6.96. The third-order valence-corrected chi connectivity index (χ3v) is 5.11. The number of benzene rings is 2. The molecule has 6 heteroatoms. The van der Waals surface area contributed by atoms with Gasteiger partial charge in [-0.05, 0) is 48.7 Å². The Morgan fingerprint density at radius 1 is 1.07 bits per heavy atom. The highest BCUT2D eigenvalue weighted by molar-refractivity contribution is 7.12. The molecule has 5 nitrogen and oxygen atoms in total. The van der Waals surface area contributed by atoms with E-state index in [1.807, 2.05) is 53.3 Å². The first-order chi connectivity index (χ1) is 13.1. The second kappa shape index (κ2) is 7.17. The molecule has 0 aliphatic heterocycles. The monoisotopic (exact) mass is 376 g/mol. The average molecular weight is 376 g/mol. The molecule has 0 spiro atoms. The Morgan fingerprint density at radius 3 is 2.63 bits per heavy atom. The molecule has 27 heavy (non-hydrogen) atoms. The molecule has 0 fully saturated rings. The molecule has 0 aliphatic carbocycles. The predicted octanol–water partition coefficient (Wildman–Crippen LogP) is 4.44. The summed E-state index contributed by atoms with van der Waals surface area (Å²) < 4.78 is 7.20. The van der Waals surface area contributed by atoms with Gasteiger partial charge in [0.05, 0.1) is 21.5 Å². The minimum Gasteiger partial charge on any atom is -0.454 e. The topological polar surface area (TPSA) is 61.2 Å². The van der Waals surface area contributed by atoms with Gasteiger partial charge in [0.15, 0.2) is 6.61 Å². The lowest BCUT2D eigenvalue weighted by Gasteiger charge is -2.07. The number of Topliss-reactive ketones (excluding diaryl/α,β-unsaturated/α-hetero) is 1. The van der Waals surface area contributed by atoms with Crippen LogP contribution >= 0.6 is 11.3 Å². The average Bonchev–Trinajstić information content (AvgIpc) is 3.33. The molecule has 0 atom stereocenters. The zero-order valence-electron chi connectivity index (χ0n) is 14.6. The molecule has 0 saturated heterocycles. The minimum absolute atomic E-state index is 0.205. The Labute approximate surface area is 159 Å². The quantitative estimate of drug-likeness (QED) is 0.382. The number of fused-ring (bicyclic) bond motifs is 1. The Kier molecular flexibility index (Phi) is 4.56. The molecule has 0 saturated carbocycles. The molecule has 2 aromatic heterocycles. The van der Waals surface area contributed by atoms with E-state index in [1.54, 1.807) is 24.3 Å². The predicted molar refractivity (Wildman–Crippen MR) is 105 cm³/mol. The van der Waals surface area contributed by atoms with Crippen molar-refractivity contribution in [1.29, 1.82) is 0 Å². The molecule has 4 aromatic rings. The van der Waals surface area contributed by atoms with Gasteiger partial charge in [-0.25, -0.2) is 9.78 Å². The number of hydrogen-bond donors (Lipinski definition) is 0. The fourth-order valence-corrected chi connectivity index (χ4v) is 3.60. The van der Waals surface area contributed by atoms with Crippen molar-refractivity contribution in [3.63, 3.8) is 0 Å². The number of thiophene rings is 1. The molecule has 0 radical (unpaired) electrons. The Balaban J connectivity index is 1.57. The summed E-state index contributed by atoms with van der Waals surface area (Å²) >= 11 is 1.33. The van der Waals surface area contributed by atoms with Crippen LogP contribution in [0.1, 0.15) is 25.9 Å². The number of carbonyl (C=O) groups excluding carboxylic acids is 2. The van der Waals surface area contributed by atoms with Gasteiger partial charge >= 0.3 is 5.97 Å². The van der Waals surface area contributed by atoms with Crippen LogP contribution in [0.15, 0.2) is 66.0 Å². The third-order valence-electron chi connectivity index (χ3n) is 4.20. The van der Waals surface area contributed by atoms with Crippen LogP contribution in [0.2, 0.25) is 0 Å². The van der Waals surface area contributed by atoms with E-state index in [0.29, 0.717) is 16.0 Å². The number of aryl methyl sites for hydroxylation is 1. The lowest BCUT2D eigenvalue weighted by Crippen LogP contribution is -2.13. The van der Waals surface area contributed by atoms with Crippen molar-refractivity contribution in [1.82, 2.24) is 9.55 Å². The number of para-hydroxylation sites is 1. The number of carbonyl (C=O) groups is 2. The SMILES string of the molecule is Cc1nc2cc(C(=O)OCC(=O)c3cccs3)ccc2n1-c1ccccc1. The maximum atomic E-state index is 12.3. The summed E-state index contributed by atoms with van der Waals surface area (Å²) in [7, 11) is 0. The van der Waals surface area contributed by atoms with Crippen molar-refractivity contribution < 1.29 is 14.3 Å². The summed E-state index contributed by atoms with van der Waals surface area (Å²) in [6, 6.07) is 18.7. The van der Waals surface area contributed by atoms with E-state index in [4.69, 9.17) is 4.74 Å². The van der Waals surface area contributed by atoms with Gasteiger partial charge in [-0.2, -0.15) is 0 Å². The van der Waals surface area contributed by atoms with Crippen LogP contribution in [0.25, 0.3) is 16.7 Å². The summed E-state index contributed by atoms with van der Waals surface area (Å²) in [4.78, 5) is 29.4. The molecule has 2 heterocycles. The summed E-state index contributed by atoms with van der Waals surface area (Å²) in [5, 5.41) is 1.81. The van der Waals surface area contributed by atoms with Crippen molar-refractivity contribution in [3.8, 4) is 5.69 Å². The van der Waals surface area contributed by atoms with Crippen LogP contribution in [0.3, 0.4) is 0 Å². The zero-order valence-corrected chi connectivity index (χ0v) is 15.4. The Morgan fingerprint density at radius 2 is 1.89 bits per heavy atom. The molecular weight excluding hydrogens is 360 g/mol. The lowest BCUT2D eigenvalue weighted by atomic mass is 10.2. The van der Waals surface area contributed by atoms with Gasteiger partial charge in [-0.15, -0.1) is 11.3 Å². The highest BCUT2D eigenvalue weighted by Crippen LogP contribution is 2.22. The van der Waals surface area contributed by atoms with Gasteiger partial charge in [-0.1, -0.05) is 24.3 Å². The number of esters is 1. The van der Waals surface area contributed by atoms with Crippen LogP contribution in [0.4, 0.5) is 0 Å². The van der Waals surface area contributed by atoms with Gasteiger partial charge in [0.1, 0.15) is 5.82 Å². The highest BCUT2D eigenvalue weighted by Gasteiger charge is 2.15. The highest BCUT2D eigenvalue weighted by atomic mass is 32.1. The van der Waals surface area contributed by atoms with E-state index in [9.17, 15) is 9.59 Å². The molecule has 0 N–H and O–H groups in total. The number of imidazole rings is 1. The fraction of sp³-hybridized carbons (Fsp3) is 0.0952. The van der Waals surface area contributed by atoms with Crippen molar-refractivity contribution >= 4 is 34.1 Å². The molecule has 134 valence electrons.